The summed E-state index contributed by atoms with van der Waals surface area (Å²) in [6, 6.07) is 14.4. The molecule has 0 bridgehead atoms. The minimum absolute atomic E-state index is 0.130. The fraction of sp³-hybridized carbons (Fsp3) is 0.120. The zero-order valence-corrected chi connectivity index (χ0v) is 18.3. The van der Waals surface area contributed by atoms with E-state index in [0.717, 1.165) is 26.6 Å². The number of oxazole rings is 1. The molecular formula is C25H19FN2O3S. The molecule has 0 aliphatic heterocycles. The van der Waals surface area contributed by atoms with Gasteiger partial charge in [-0.15, -0.1) is 11.3 Å². The van der Waals surface area contributed by atoms with Crippen molar-refractivity contribution >= 4 is 21.6 Å². The van der Waals surface area contributed by atoms with E-state index in [2.05, 4.69) is 4.98 Å². The second-order valence-electron chi connectivity index (χ2n) is 7.42. The lowest BCUT2D eigenvalue weighted by Gasteiger charge is -2.11. The van der Waals surface area contributed by atoms with Crippen LogP contribution in [0.4, 0.5) is 4.39 Å². The third kappa shape index (κ3) is 3.40. The van der Waals surface area contributed by atoms with Crippen molar-refractivity contribution in [3.8, 4) is 27.5 Å². The van der Waals surface area contributed by atoms with Crippen LogP contribution in [0.25, 0.3) is 32.0 Å². The highest BCUT2D eigenvalue weighted by Crippen LogP contribution is 2.38. The molecule has 3 aromatic heterocycles. The van der Waals surface area contributed by atoms with Gasteiger partial charge in [-0.3, -0.25) is 4.79 Å². The van der Waals surface area contributed by atoms with Gasteiger partial charge in [-0.25, -0.2) is 9.37 Å². The molecule has 5 nitrogen and oxygen atoms in total. The molecule has 0 amide bonds. The lowest BCUT2D eigenvalue weighted by atomic mass is 10.1. The molecule has 0 atom stereocenters. The number of ether oxygens (including phenoxy) is 1. The number of nitrogens with zero attached hydrogens (tertiary/aromatic N) is 2. The number of methoxy groups -OCH3 is 1. The first kappa shape index (κ1) is 20.2. The van der Waals surface area contributed by atoms with E-state index in [1.165, 1.54) is 30.0 Å². The summed E-state index contributed by atoms with van der Waals surface area (Å²) in [6.07, 6.45) is 4.54. The number of thiophene rings is 1. The van der Waals surface area contributed by atoms with E-state index in [9.17, 15) is 9.18 Å². The van der Waals surface area contributed by atoms with Crippen LogP contribution in [0.1, 0.15) is 11.1 Å². The maximum absolute atomic E-state index is 14.4. The third-order valence-corrected chi connectivity index (χ3v) is 6.87. The fourth-order valence-corrected chi connectivity index (χ4v) is 5.13. The number of hydrogen-bond donors (Lipinski definition) is 0. The van der Waals surface area contributed by atoms with E-state index >= 15 is 0 Å². The van der Waals surface area contributed by atoms with Crippen LogP contribution in [0.3, 0.4) is 0 Å². The second kappa shape index (κ2) is 8.09. The summed E-state index contributed by atoms with van der Waals surface area (Å²) >= 11 is 1.52. The van der Waals surface area contributed by atoms with E-state index in [-0.39, 0.29) is 17.8 Å². The first-order valence-electron chi connectivity index (χ1n) is 10.00. The molecule has 3 heterocycles. The van der Waals surface area contributed by atoms with Crippen LogP contribution in [-0.2, 0) is 6.54 Å². The van der Waals surface area contributed by atoms with Crippen molar-refractivity contribution < 1.29 is 13.5 Å². The van der Waals surface area contributed by atoms with Gasteiger partial charge in [0.05, 0.1) is 30.8 Å². The van der Waals surface area contributed by atoms with Crippen LogP contribution in [0.5, 0.6) is 5.75 Å². The zero-order valence-electron chi connectivity index (χ0n) is 17.5. The van der Waals surface area contributed by atoms with E-state index in [1.807, 2.05) is 35.8 Å². The average molecular weight is 447 g/mol. The Morgan fingerprint density at radius 1 is 1.16 bits per heavy atom. The van der Waals surface area contributed by atoms with Gasteiger partial charge in [0.25, 0.3) is 0 Å². The third-order valence-electron chi connectivity index (χ3n) is 5.49. The summed E-state index contributed by atoms with van der Waals surface area (Å²) in [5.74, 6) is 0.860. The molecule has 0 saturated carbocycles. The van der Waals surface area contributed by atoms with Crippen molar-refractivity contribution in [1.82, 2.24) is 9.55 Å². The van der Waals surface area contributed by atoms with Crippen molar-refractivity contribution in [3.05, 3.63) is 94.5 Å². The number of halogens is 1. The van der Waals surface area contributed by atoms with Gasteiger partial charge in [0.1, 0.15) is 16.4 Å². The first-order valence-corrected chi connectivity index (χ1v) is 10.8. The molecule has 0 aliphatic carbocycles. The average Bonchev–Trinajstić information content (AvgIpc) is 3.46. The van der Waals surface area contributed by atoms with Crippen LogP contribution in [0.15, 0.2) is 76.5 Å². The predicted molar refractivity (Wildman–Crippen MR) is 124 cm³/mol. The Morgan fingerprint density at radius 2 is 1.94 bits per heavy atom. The van der Waals surface area contributed by atoms with Gasteiger partial charge in [0, 0.05) is 16.6 Å². The van der Waals surface area contributed by atoms with Crippen molar-refractivity contribution in [3.63, 3.8) is 0 Å². The predicted octanol–water partition coefficient (Wildman–Crippen LogP) is 5.89. The van der Waals surface area contributed by atoms with E-state index < -0.39 is 0 Å². The topological polar surface area (TPSA) is 57.3 Å². The number of pyridine rings is 1. The quantitative estimate of drug-likeness (QED) is 0.338. The first-order chi connectivity index (χ1) is 15.6. The second-order valence-corrected chi connectivity index (χ2v) is 8.42. The highest BCUT2D eigenvalue weighted by atomic mass is 32.1. The van der Waals surface area contributed by atoms with Crippen molar-refractivity contribution in [2.24, 2.45) is 0 Å². The minimum Gasteiger partial charge on any atom is -0.497 e. The Balaban J connectivity index is 1.76. The SMILES string of the molecule is COc1ccc(-c2sc3c(c2C)c(=O)c(-c2cnco2)cn3Cc2ccccc2F)cc1. The lowest BCUT2D eigenvalue weighted by Crippen LogP contribution is -2.12. The van der Waals surface area contributed by atoms with Crippen LogP contribution in [0.2, 0.25) is 0 Å². The molecule has 0 N–H and O–H groups in total. The number of hydrogen-bond acceptors (Lipinski definition) is 5. The summed E-state index contributed by atoms with van der Waals surface area (Å²) in [5, 5.41) is 0.603. The number of aromatic nitrogens is 2. The molecule has 32 heavy (non-hydrogen) atoms. The van der Waals surface area contributed by atoms with E-state index in [0.29, 0.717) is 22.3 Å². The Hall–Kier alpha value is -3.71. The molecule has 7 heteroatoms. The smallest absolute Gasteiger partial charge is 0.201 e. The number of rotatable bonds is 5. The standard InChI is InChI=1S/C25H19FN2O3S/c1-15-22-23(29)19(21-11-27-14-31-21)13-28(12-17-5-3-4-6-20(17)26)25(22)32-24(15)16-7-9-18(30-2)10-8-16/h3-11,13-14H,12H2,1-2H3. The molecule has 0 unspecified atom stereocenters. The molecule has 0 spiro atoms. The minimum atomic E-state index is -0.288. The van der Waals surface area contributed by atoms with Crippen LogP contribution >= 0.6 is 11.3 Å². The number of fused-ring (bicyclic) bond motifs is 1. The van der Waals surface area contributed by atoms with Gasteiger partial charge < -0.3 is 13.7 Å². The van der Waals surface area contributed by atoms with Gasteiger partial charge in [0.2, 0.25) is 5.43 Å². The van der Waals surface area contributed by atoms with Crippen molar-refractivity contribution in [2.75, 3.05) is 7.11 Å². The van der Waals surface area contributed by atoms with Gasteiger partial charge >= 0.3 is 0 Å². The molecular weight excluding hydrogens is 427 g/mol. The fourth-order valence-electron chi connectivity index (χ4n) is 3.85. The zero-order chi connectivity index (χ0) is 22.2. The molecule has 0 fully saturated rings. The Labute approximate surface area is 187 Å². The van der Waals surface area contributed by atoms with Gasteiger partial charge in [-0.05, 0) is 48.4 Å². The van der Waals surface area contributed by atoms with Gasteiger partial charge in [0.15, 0.2) is 12.2 Å². The largest absolute Gasteiger partial charge is 0.497 e. The molecule has 2 aromatic carbocycles. The van der Waals surface area contributed by atoms with Crippen molar-refractivity contribution in [2.45, 2.75) is 13.5 Å². The Morgan fingerprint density at radius 3 is 2.62 bits per heavy atom. The monoisotopic (exact) mass is 446 g/mol. The maximum Gasteiger partial charge on any atom is 0.201 e. The molecule has 5 aromatic rings. The van der Waals surface area contributed by atoms with Gasteiger partial charge in [-0.2, -0.15) is 0 Å². The summed E-state index contributed by atoms with van der Waals surface area (Å²) in [6.45, 7) is 2.23. The summed E-state index contributed by atoms with van der Waals surface area (Å²) in [4.78, 5) is 19.2. The summed E-state index contributed by atoms with van der Waals surface area (Å²) in [5.41, 5.74) is 2.67. The summed E-state index contributed by atoms with van der Waals surface area (Å²) < 4.78 is 27.0. The Kier molecular flexibility index (Phi) is 5.11. The Bertz CT molecular complexity index is 1470. The molecule has 160 valence electrons. The molecule has 0 radical (unpaired) electrons. The van der Waals surface area contributed by atoms with Crippen LogP contribution < -0.4 is 10.2 Å². The normalized spacial score (nSPS) is 11.2. The van der Waals surface area contributed by atoms with Crippen LogP contribution in [0, 0.1) is 12.7 Å². The number of benzene rings is 2. The van der Waals surface area contributed by atoms with Crippen molar-refractivity contribution in [1.29, 1.82) is 0 Å². The highest BCUT2D eigenvalue weighted by Gasteiger charge is 2.21. The summed E-state index contributed by atoms with van der Waals surface area (Å²) in [7, 11) is 1.63. The van der Waals surface area contributed by atoms with Gasteiger partial charge in [-0.1, -0.05) is 18.2 Å². The van der Waals surface area contributed by atoms with E-state index in [4.69, 9.17) is 9.15 Å². The highest BCUT2D eigenvalue weighted by molar-refractivity contribution is 7.22. The molecule has 0 aliphatic rings. The van der Waals surface area contributed by atoms with Crippen LogP contribution in [-0.4, -0.2) is 16.7 Å². The van der Waals surface area contributed by atoms with E-state index in [1.54, 1.807) is 31.5 Å². The molecule has 0 saturated heterocycles. The number of aryl methyl sites for hydroxylation is 1. The lowest BCUT2D eigenvalue weighted by molar-refractivity contribution is 0.415. The molecule has 5 rings (SSSR count). The maximum atomic E-state index is 14.4.